The lowest BCUT2D eigenvalue weighted by Gasteiger charge is -2.05. The second-order valence-corrected chi connectivity index (χ2v) is 8.39. The van der Waals surface area contributed by atoms with Crippen molar-refractivity contribution in [2.75, 3.05) is 5.32 Å². The molecule has 29 heavy (non-hydrogen) atoms. The number of nitrogens with one attached hydrogen (secondary N) is 1. The van der Waals surface area contributed by atoms with Crippen molar-refractivity contribution < 1.29 is 9.53 Å². The van der Waals surface area contributed by atoms with E-state index in [2.05, 4.69) is 31.4 Å². The van der Waals surface area contributed by atoms with Crippen LogP contribution in [0.5, 0.6) is 5.75 Å². The van der Waals surface area contributed by atoms with E-state index in [1.807, 2.05) is 35.7 Å². The van der Waals surface area contributed by atoms with Crippen molar-refractivity contribution in [2.24, 2.45) is 0 Å². The molecule has 0 saturated carbocycles. The zero-order valence-electron chi connectivity index (χ0n) is 15.0. The normalized spacial score (nSPS) is 10.8. The zero-order valence-corrected chi connectivity index (χ0v) is 18.1. The largest absolute Gasteiger partial charge is 0.471 e. The second kappa shape index (κ2) is 8.81. The Kier molecular flexibility index (Phi) is 5.98. The molecule has 0 saturated heterocycles. The van der Waals surface area contributed by atoms with Gasteiger partial charge in [0.1, 0.15) is 5.75 Å². The molecule has 0 unspecified atom stereocenters. The topological polar surface area (TPSA) is 74.0 Å². The fourth-order valence-corrected chi connectivity index (χ4v) is 3.77. The maximum absolute atomic E-state index is 12.5. The number of carbonyl (C=O) groups excluding carboxylic acids is 1. The van der Waals surface area contributed by atoms with Crippen LogP contribution in [0.2, 0.25) is 5.02 Å². The van der Waals surface area contributed by atoms with Crippen molar-refractivity contribution in [3.05, 3.63) is 80.4 Å². The molecule has 148 valence electrons. The first-order valence-corrected chi connectivity index (χ1v) is 10.6. The Balaban J connectivity index is 1.32. The van der Waals surface area contributed by atoms with E-state index < -0.39 is 0 Å². The number of halogens is 2. The Bertz CT molecular complexity index is 1120. The van der Waals surface area contributed by atoms with E-state index in [-0.39, 0.29) is 12.6 Å². The van der Waals surface area contributed by atoms with Crippen molar-refractivity contribution in [1.82, 2.24) is 19.6 Å². The van der Waals surface area contributed by atoms with Crippen LogP contribution in [0.1, 0.15) is 15.2 Å². The first kappa shape index (κ1) is 19.7. The van der Waals surface area contributed by atoms with Gasteiger partial charge in [-0.3, -0.25) is 9.48 Å². The molecule has 3 aromatic heterocycles. The first-order valence-electron chi connectivity index (χ1n) is 8.53. The average Bonchev–Trinajstić information content (AvgIpc) is 3.44. The van der Waals surface area contributed by atoms with E-state index in [4.69, 9.17) is 16.3 Å². The number of hydrogen-bond acceptors (Lipinski definition) is 5. The van der Waals surface area contributed by atoms with Gasteiger partial charge in [-0.25, -0.2) is 4.68 Å². The number of benzene rings is 1. The van der Waals surface area contributed by atoms with E-state index in [9.17, 15) is 4.79 Å². The molecular weight excluding hydrogens is 478 g/mol. The fourth-order valence-electron chi connectivity index (χ4n) is 2.55. The highest BCUT2D eigenvalue weighted by Crippen LogP contribution is 2.19. The minimum Gasteiger partial charge on any atom is -0.471 e. The predicted octanol–water partition coefficient (Wildman–Crippen LogP) is 4.89. The molecule has 0 radical (unpaired) electrons. The van der Waals surface area contributed by atoms with E-state index in [0.29, 0.717) is 22.1 Å². The second-order valence-electron chi connectivity index (χ2n) is 6.13. The molecule has 0 fully saturated rings. The standard InChI is InChI=1S/C19H15BrClN5O2S/c20-14-1-3-17(4-2-14)28-12-26-10-16(7-23-26)24-19(27)18-5-13(11-29-18)8-25-9-15(21)6-22-25/h1-7,9-11H,8,12H2,(H,24,27). The van der Waals surface area contributed by atoms with Gasteiger partial charge in [0.25, 0.3) is 5.91 Å². The molecule has 0 aliphatic rings. The number of nitrogens with zero attached hydrogens (tertiary/aromatic N) is 4. The molecule has 0 spiro atoms. The van der Waals surface area contributed by atoms with E-state index >= 15 is 0 Å². The zero-order chi connectivity index (χ0) is 20.2. The summed E-state index contributed by atoms with van der Waals surface area (Å²) in [6, 6.07) is 9.38. The summed E-state index contributed by atoms with van der Waals surface area (Å²) in [5.41, 5.74) is 1.58. The number of anilines is 1. The van der Waals surface area contributed by atoms with Gasteiger partial charge in [-0.1, -0.05) is 27.5 Å². The maximum Gasteiger partial charge on any atom is 0.265 e. The molecule has 1 N–H and O–H groups in total. The highest BCUT2D eigenvalue weighted by Gasteiger charge is 2.11. The predicted molar refractivity (Wildman–Crippen MR) is 116 cm³/mol. The first-order chi connectivity index (χ1) is 14.0. The number of thiophene rings is 1. The summed E-state index contributed by atoms with van der Waals surface area (Å²) in [7, 11) is 0. The van der Waals surface area contributed by atoms with Crippen LogP contribution >= 0.6 is 38.9 Å². The molecule has 3 heterocycles. The molecule has 0 atom stereocenters. The van der Waals surface area contributed by atoms with Crippen molar-refractivity contribution in [2.45, 2.75) is 13.3 Å². The number of rotatable bonds is 7. The van der Waals surface area contributed by atoms with Crippen LogP contribution in [0.3, 0.4) is 0 Å². The van der Waals surface area contributed by atoms with Crippen LogP contribution in [0.25, 0.3) is 0 Å². The summed E-state index contributed by atoms with van der Waals surface area (Å²) in [4.78, 5) is 13.1. The quantitative estimate of drug-likeness (QED) is 0.398. The van der Waals surface area contributed by atoms with Crippen molar-refractivity contribution in [3.8, 4) is 5.75 Å². The molecule has 0 aliphatic heterocycles. The SMILES string of the molecule is O=C(Nc1cnn(COc2ccc(Br)cc2)c1)c1cc(Cn2cc(Cl)cn2)cs1. The summed E-state index contributed by atoms with van der Waals surface area (Å²) in [6.45, 7) is 0.801. The third kappa shape index (κ3) is 5.26. The summed E-state index contributed by atoms with van der Waals surface area (Å²) >= 11 is 10.6. The van der Waals surface area contributed by atoms with Gasteiger partial charge in [-0.15, -0.1) is 11.3 Å². The molecule has 4 aromatic rings. The minimum atomic E-state index is -0.187. The molecule has 0 bridgehead atoms. The number of amides is 1. The van der Waals surface area contributed by atoms with Gasteiger partial charge in [0.05, 0.1) is 40.7 Å². The Labute approximate surface area is 184 Å². The third-order valence-corrected chi connectivity index (χ3v) is 5.59. The molecule has 0 aliphatic carbocycles. The van der Waals surface area contributed by atoms with Crippen molar-refractivity contribution in [1.29, 1.82) is 0 Å². The van der Waals surface area contributed by atoms with Crippen LogP contribution in [0.15, 0.2) is 65.0 Å². The van der Waals surface area contributed by atoms with Gasteiger partial charge in [0, 0.05) is 10.7 Å². The van der Waals surface area contributed by atoms with Crippen molar-refractivity contribution in [3.63, 3.8) is 0 Å². The van der Waals surface area contributed by atoms with Gasteiger partial charge < -0.3 is 10.1 Å². The number of carbonyl (C=O) groups is 1. The highest BCUT2D eigenvalue weighted by molar-refractivity contribution is 9.10. The Morgan fingerprint density at radius 2 is 1.97 bits per heavy atom. The number of ether oxygens (including phenoxy) is 1. The molecule has 1 amide bonds. The summed E-state index contributed by atoms with van der Waals surface area (Å²) < 4.78 is 9.98. The molecule has 10 heteroatoms. The molecule has 7 nitrogen and oxygen atoms in total. The van der Waals surface area contributed by atoms with Gasteiger partial charge in [0.2, 0.25) is 0 Å². The monoisotopic (exact) mass is 491 g/mol. The molecule has 4 rings (SSSR count). The highest BCUT2D eigenvalue weighted by atomic mass is 79.9. The summed E-state index contributed by atoms with van der Waals surface area (Å²) in [5.74, 6) is 0.548. The van der Waals surface area contributed by atoms with Crippen LogP contribution < -0.4 is 10.1 Å². The van der Waals surface area contributed by atoms with E-state index in [0.717, 1.165) is 15.8 Å². The van der Waals surface area contributed by atoms with Gasteiger partial charge in [-0.05, 0) is 41.3 Å². The van der Waals surface area contributed by atoms with Gasteiger partial charge >= 0.3 is 0 Å². The third-order valence-electron chi connectivity index (χ3n) is 3.89. The minimum absolute atomic E-state index is 0.187. The Morgan fingerprint density at radius 3 is 2.72 bits per heavy atom. The lowest BCUT2D eigenvalue weighted by Crippen LogP contribution is -2.10. The average molecular weight is 493 g/mol. The lowest BCUT2D eigenvalue weighted by molar-refractivity contribution is 0.103. The fraction of sp³-hybridized carbons (Fsp3) is 0.105. The smallest absolute Gasteiger partial charge is 0.265 e. The van der Waals surface area contributed by atoms with Crippen LogP contribution in [0, 0.1) is 0 Å². The van der Waals surface area contributed by atoms with Crippen molar-refractivity contribution >= 4 is 50.5 Å². The maximum atomic E-state index is 12.5. The van der Waals surface area contributed by atoms with Crippen LogP contribution in [-0.4, -0.2) is 25.5 Å². The van der Waals surface area contributed by atoms with Crippen LogP contribution in [0.4, 0.5) is 5.69 Å². The Hall–Kier alpha value is -2.62. The Morgan fingerprint density at radius 1 is 1.17 bits per heavy atom. The summed E-state index contributed by atoms with van der Waals surface area (Å²) in [6.07, 6.45) is 6.63. The van der Waals surface area contributed by atoms with E-state index in [1.165, 1.54) is 11.3 Å². The lowest BCUT2D eigenvalue weighted by atomic mass is 10.3. The summed E-state index contributed by atoms with van der Waals surface area (Å²) in [5, 5.41) is 13.7. The molecular formula is C19H15BrClN5O2S. The number of hydrogen-bond donors (Lipinski definition) is 1. The van der Waals surface area contributed by atoms with Gasteiger partial charge in [-0.2, -0.15) is 10.2 Å². The van der Waals surface area contributed by atoms with Gasteiger partial charge in [0.15, 0.2) is 6.73 Å². The molecule has 1 aromatic carbocycles. The van der Waals surface area contributed by atoms with Crippen LogP contribution in [-0.2, 0) is 13.3 Å². The number of aromatic nitrogens is 4. The van der Waals surface area contributed by atoms with E-state index in [1.54, 1.807) is 34.2 Å².